The Kier molecular flexibility index (Phi) is 4.70. The lowest BCUT2D eigenvalue weighted by Gasteiger charge is -2.12. The van der Waals surface area contributed by atoms with Crippen molar-refractivity contribution in [1.82, 2.24) is 20.3 Å². The number of pyridine rings is 1. The number of aromatic nitrogens is 3. The molecule has 6 nitrogen and oxygen atoms in total. The second-order valence-electron chi connectivity index (χ2n) is 4.44. The molecule has 2 heterocycles. The molecule has 0 saturated carbocycles. The van der Waals surface area contributed by atoms with Crippen molar-refractivity contribution in [2.24, 2.45) is 0 Å². The molecular formula is C14H18N4O2. The van der Waals surface area contributed by atoms with Crippen LogP contribution in [0.3, 0.4) is 0 Å². The third kappa shape index (κ3) is 3.81. The number of imidazole rings is 1. The minimum Gasteiger partial charge on any atom is -0.475 e. The van der Waals surface area contributed by atoms with E-state index >= 15 is 0 Å². The first-order valence-corrected chi connectivity index (χ1v) is 6.58. The third-order valence-corrected chi connectivity index (χ3v) is 2.87. The molecule has 0 spiro atoms. The minimum absolute atomic E-state index is 0.0731. The van der Waals surface area contributed by atoms with E-state index in [0.717, 1.165) is 6.42 Å². The summed E-state index contributed by atoms with van der Waals surface area (Å²) in [7, 11) is 0. The summed E-state index contributed by atoms with van der Waals surface area (Å²) in [6.45, 7) is 4.35. The number of amides is 1. The molecule has 6 heteroatoms. The summed E-state index contributed by atoms with van der Waals surface area (Å²) in [5, 5.41) is 2.78. The second kappa shape index (κ2) is 6.70. The maximum absolute atomic E-state index is 12.0. The summed E-state index contributed by atoms with van der Waals surface area (Å²) in [5.74, 6) is 0.992. The number of nitrogens with one attached hydrogen (secondary N) is 2. The standard InChI is InChI=1S/C14H18N4O2/c1-3-10(2)20-13-8-11(4-5-17-13)14(19)18-9-12-15-6-7-16-12/h4-8,10H,3,9H2,1-2H3,(H,15,16)(H,18,19)/t10-/m1/s1. The average molecular weight is 274 g/mol. The van der Waals surface area contributed by atoms with Gasteiger partial charge in [-0.1, -0.05) is 6.92 Å². The summed E-state index contributed by atoms with van der Waals surface area (Å²) >= 11 is 0. The first-order valence-electron chi connectivity index (χ1n) is 6.58. The van der Waals surface area contributed by atoms with E-state index in [-0.39, 0.29) is 12.0 Å². The van der Waals surface area contributed by atoms with Gasteiger partial charge in [-0.3, -0.25) is 4.79 Å². The van der Waals surface area contributed by atoms with Gasteiger partial charge in [0.15, 0.2) is 0 Å². The highest BCUT2D eigenvalue weighted by atomic mass is 16.5. The highest BCUT2D eigenvalue weighted by Gasteiger charge is 2.09. The van der Waals surface area contributed by atoms with E-state index in [4.69, 9.17) is 4.74 Å². The summed E-state index contributed by atoms with van der Waals surface area (Å²) in [6.07, 6.45) is 5.89. The van der Waals surface area contributed by atoms with Crippen LogP contribution in [-0.4, -0.2) is 27.0 Å². The van der Waals surface area contributed by atoms with Crippen LogP contribution in [0.5, 0.6) is 5.88 Å². The van der Waals surface area contributed by atoms with Gasteiger partial charge in [-0.25, -0.2) is 9.97 Å². The van der Waals surface area contributed by atoms with Gasteiger partial charge >= 0.3 is 0 Å². The van der Waals surface area contributed by atoms with Crippen LogP contribution in [0.1, 0.15) is 36.5 Å². The molecule has 0 unspecified atom stereocenters. The topological polar surface area (TPSA) is 79.9 Å². The molecule has 2 N–H and O–H groups in total. The number of aromatic amines is 1. The number of rotatable bonds is 6. The van der Waals surface area contributed by atoms with Crippen molar-refractivity contribution in [2.75, 3.05) is 0 Å². The quantitative estimate of drug-likeness (QED) is 0.843. The average Bonchev–Trinajstić information content (AvgIpc) is 2.98. The minimum atomic E-state index is -0.183. The molecule has 0 aromatic carbocycles. The number of carbonyl (C=O) groups is 1. The molecule has 0 radical (unpaired) electrons. The molecule has 1 atom stereocenters. The predicted molar refractivity (Wildman–Crippen MR) is 74.4 cm³/mol. The maximum Gasteiger partial charge on any atom is 0.251 e. The van der Waals surface area contributed by atoms with E-state index in [0.29, 0.717) is 23.8 Å². The van der Waals surface area contributed by atoms with Crippen LogP contribution in [0.4, 0.5) is 0 Å². The zero-order valence-corrected chi connectivity index (χ0v) is 11.6. The molecule has 0 aliphatic carbocycles. The van der Waals surface area contributed by atoms with Gasteiger partial charge in [-0.05, 0) is 19.4 Å². The monoisotopic (exact) mass is 274 g/mol. The van der Waals surface area contributed by atoms with Crippen LogP contribution < -0.4 is 10.1 Å². The number of hydrogen-bond donors (Lipinski definition) is 2. The molecule has 20 heavy (non-hydrogen) atoms. The number of nitrogens with zero attached hydrogens (tertiary/aromatic N) is 2. The molecule has 1 amide bonds. The fourth-order valence-corrected chi connectivity index (χ4v) is 1.57. The van der Waals surface area contributed by atoms with Crippen LogP contribution in [0.15, 0.2) is 30.7 Å². The van der Waals surface area contributed by atoms with Crippen LogP contribution in [0.25, 0.3) is 0 Å². The van der Waals surface area contributed by atoms with Gasteiger partial charge in [0.25, 0.3) is 5.91 Å². The van der Waals surface area contributed by atoms with Gasteiger partial charge in [0, 0.05) is 30.2 Å². The predicted octanol–water partition coefficient (Wildman–Crippen LogP) is 1.91. The van der Waals surface area contributed by atoms with E-state index in [9.17, 15) is 4.79 Å². The Labute approximate surface area is 117 Å². The molecule has 0 aliphatic heterocycles. The molecule has 0 aliphatic rings. The van der Waals surface area contributed by atoms with Crippen molar-refractivity contribution in [3.63, 3.8) is 0 Å². The van der Waals surface area contributed by atoms with Gasteiger partial charge in [0.05, 0.1) is 12.6 Å². The number of ether oxygens (including phenoxy) is 1. The van der Waals surface area contributed by atoms with Crippen molar-refractivity contribution < 1.29 is 9.53 Å². The smallest absolute Gasteiger partial charge is 0.251 e. The highest BCUT2D eigenvalue weighted by molar-refractivity contribution is 5.94. The fraction of sp³-hybridized carbons (Fsp3) is 0.357. The summed E-state index contributed by atoms with van der Waals surface area (Å²) in [6, 6.07) is 3.30. The zero-order chi connectivity index (χ0) is 14.4. The first-order chi connectivity index (χ1) is 9.69. The molecule has 0 bridgehead atoms. The Bertz CT molecular complexity index is 554. The van der Waals surface area contributed by atoms with E-state index in [1.54, 1.807) is 30.7 Å². The Morgan fingerprint density at radius 3 is 3.00 bits per heavy atom. The summed E-state index contributed by atoms with van der Waals surface area (Å²) in [4.78, 5) is 23.1. The van der Waals surface area contributed by atoms with Crippen LogP contribution in [0.2, 0.25) is 0 Å². The molecule has 2 aromatic heterocycles. The van der Waals surface area contributed by atoms with E-state index in [1.165, 1.54) is 0 Å². The molecule has 2 rings (SSSR count). The Morgan fingerprint density at radius 2 is 2.30 bits per heavy atom. The van der Waals surface area contributed by atoms with Gasteiger partial charge in [-0.2, -0.15) is 0 Å². The Balaban J connectivity index is 1.97. The molecule has 106 valence electrons. The lowest BCUT2D eigenvalue weighted by atomic mass is 10.2. The zero-order valence-electron chi connectivity index (χ0n) is 11.6. The van der Waals surface area contributed by atoms with Gasteiger partial charge in [0.1, 0.15) is 5.82 Å². The lowest BCUT2D eigenvalue weighted by molar-refractivity contribution is 0.0949. The van der Waals surface area contributed by atoms with Crippen molar-refractivity contribution in [2.45, 2.75) is 32.9 Å². The largest absolute Gasteiger partial charge is 0.475 e. The SMILES string of the molecule is CC[C@@H](C)Oc1cc(C(=O)NCc2ncc[nH]2)ccn1. The third-order valence-electron chi connectivity index (χ3n) is 2.87. The van der Waals surface area contributed by atoms with Gasteiger partial charge < -0.3 is 15.0 Å². The number of hydrogen-bond acceptors (Lipinski definition) is 4. The second-order valence-corrected chi connectivity index (χ2v) is 4.44. The van der Waals surface area contributed by atoms with E-state index in [1.807, 2.05) is 13.8 Å². The van der Waals surface area contributed by atoms with Crippen LogP contribution >= 0.6 is 0 Å². The van der Waals surface area contributed by atoms with Crippen molar-refractivity contribution in [3.05, 3.63) is 42.1 Å². The van der Waals surface area contributed by atoms with Gasteiger partial charge in [-0.15, -0.1) is 0 Å². The Hall–Kier alpha value is -2.37. The molecule has 0 fully saturated rings. The lowest BCUT2D eigenvalue weighted by Crippen LogP contribution is -2.23. The summed E-state index contributed by atoms with van der Waals surface area (Å²) in [5.41, 5.74) is 0.518. The highest BCUT2D eigenvalue weighted by Crippen LogP contribution is 2.12. The van der Waals surface area contributed by atoms with Crippen LogP contribution in [-0.2, 0) is 6.54 Å². The number of H-pyrrole nitrogens is 1. The first kappa shape index (κ1) is 14.0. The normalized spacial score (nSPS) is 11.9. The van der Waals surface area contributed by atoms with E-state index < -0.39 is 0 Å². The Morgan fingerprint density at radius 1 is 1.45 bits per heavy atom. The van der Waals surface area contributed by atoms with Crippen LogP contribution in [0, 0.1) is 0 Å². The van der Waals surface area contributed by atoms with Crippen molar-refractivity contribution >= 4 is 5.91 Å². The number of carbonyl (C=O) groups excluding carboxylic acids is 1. The van der Waals surface area contributed by atoms with E-state index in [2.05, 4.69) is 20.3 Å². The molecule has 2 aromatic rings. The maximum atomic E-state index is 12.0. The van der Waals surface area contributed by atoms with Crippen molar-refractivity contribution in [1.29, 1.82) is 0 Å². The molecular weight excluding hydrogens is 256 g/mol. The van der Waals surface area contributed by atoms with Gasteiger partial charge in [0.2, 0.25) is 5.88 Å². The fourth-order valence-electron chi connectivity index (χ4n) is 1.57. The van der Waals surface area contributed by atoms with Crippen molar-refractivity contribution in [3.8, 4) is 5.88 Å². The summed E-state index contributed by atoms with van der Waals surface area (Å²) < 4.78 is 5.60. The molecule has 0 saturated heterocycles.